The van der Waals surface area contributed by atoms with Crippen LogP contribution in [0.4, 0.5) is 14.5 Å². The van der Waals surface area contributed by atoms with E-state index in [1.54, 1.807) is 12.1 Å². The number of pyridine rings is 1. The number of nitrogens with zero attached hydrogens (tertiary/aromatic N) is 1. The van der Waals surface area contributed by atoms with Gasteiger partial charge < -0.3 is 5.32 Å². The van der Waals surface area contributed by atoms with Crippen LogP contribution in [0.3, 0.4) is 0 Å². The summed E-state index contributed by atoms with van der Waals surface area (Å²) < 4.78 is 27.1. The van der Waals surface area contributed by atoms with E-state index in [0.29, 0.717) is 22.2 Å². The molecule has 5 heteroatoms. The topological polar surface area (TPSA) is 42.0 Å². The molecule has 1 heterocycles. The van der Waals surface area contributed by atoms with Crippen LogP contribution in [0.1, 0.15) is 15.9 Å². The van der Waals surface area contributed by atoms with E-state index in [9.17, 15) is 13.6 Å². The molecule has 0 bridgehead atoms. The van der Waals surface area contributed by atoms with E-state index in [1.165, 1.54) is 6.07 Å². The Morgan fingerprint density at radius 2 is 1.75 bits per heavy atom. The highest BCUT2D eigenvalue weighted by atomic mass is 19.1. The van der Waals surface area contributed by atoms with Crippen molar-refractivity contribution in [1.29, 1.82) is 0 Å². The predicted molar refractivity (Wildman–Crippen MR) is 106 cm³/mol. The molecule has 0 saturated carbocycles. The van der Waals surface area contributed by atoms with E-state index in [4.69, 9.17) is 0 Å². The number of fused-ring (bicyclic) bond motifs is 1. The van der Waals surface area contributed by atoms with Gasteiger partial charge in [-0.1, -0.05) is 42.0 Å². The first-order valence-electron chi connectivity index (χ1n) is 8.74. The summed E-state index contributed by atoms with van der Waals surface area (Å²) in [6.07, 6.45) is 0. The zero-order valence-corrected chi connectivity index (χ0v) is 15.0. The number of halogens is 2. The van der Waals surface area contributed by atoms with Crippen molar-refractivity contribution in [3.05, 3.63) is 95.6 Å². The number of hydrogen-bond donors (Lipinski definition) is 1. The number of rotatable bonds is 3. The summed E-state index contributed by atoms with van der Waals surface area (Å²) in [6.45, 7) is 1.98. The van der Waals surface area contributed by atoms with Gasteiger partial charge in [-0.25, -0.2) is 13.8 Å². The van der Waals surface area contributed by atoms with Gasteiger partial charge in [0.15, 0.2) is 0 Å². The van der Waals surface area contributed by atoms with Crippen LogP contribution in [-0.2, 0) is 0 Å². The fraction of sp³-hybridized carbons (Fsp3) is 0.0435. The smallest absolute Gasteiger partial charge is 0.256 e. The number of benzene rings is 3. The van der Waals surface area contributed by atoms with Gasteiger partial charge in [0.2, 0.25) is 0 Å². The molecule has 0 radical (unpaired) electrons. The zero-order chi connectivity index (χ0) is 19.7. The van der Waals surface area contributed by atoms with Crippen molar-refractivity contribution in [3.63, 3.8) is 0 Å². The maximum atomic E-state index is 14.0. The lowest BCUT2D eigenvalue weighted by Crippen LogP contribution is -2.14. The van der Waals surface area contributed by atoms with Crippen molar-refractivity contribution < 1.29 is 13.6 Å². The first-order valence-corrected chi connectivity index (χ1v) is 8.74. The Balaban J connectivity index is 1.81. The monoisotopic (exact) mass is 374 g/mol. The van der Waals surface area contributed by atoms with Crippen LogP contribution in [0.2, 0.25) is 0 Å². The number of nitrogens with one attached hydrogen (secondary N) is 1. The van der Waals surface area contributed by atoms with Crippen molar-refractivity contribution in [1.82, 2.24) is 4.98 Å². The molecule has 0 aliphatic rings. The molecule has 0 saturated heterocycles. The Hall–Kier alpha value is -3.60. The summed E-state index contributed by atoms with van der Waals surface area (Å²) >= 11 is 0. The number of amides is 1. The van der Waals surface area contributed by atoms with Gasteiger partial charge >= 0.3 is 0 Å². The lowest BCUT2D eigenvalue weighted by atomic mass is 10.0. The van der Waals surface area contributed by atoms with E-state index in [1.807, 2.05) is 49.4 Å². The summed E-state index contributed by atoms with van der Waals surface area (Å²) in [7, 11) is 0. The Morgan fingerprint density at radius 1 is 0.929 bits per heavy atom. The second-order valence-corrected chi connectivity index (χ2v) is 6.52. The summed E-state index contributed by atoms with van der Waals surface area (Å²) in [6, 6.07) is 19.8. The quantitative estimate of drug-likeness (QED) is 0.497. The van der Waals surface area contributed by atoms with Gasteiger partial charge in [-0.3, -0.25) is 4.79 Å². The van der Waals surface area contributed by atoms with E-state index < -0.39 is 17.5 Å². The normalized spacial score (nSPS) is 10.8. The minimum Gasteiger partial charge on any atom is -0.319 e. The standard InChI is InChI=1S/C23H16F2N2O/c1-14-5-4-6-15(11-14)22-13-18(17-7-2-3-8-20(17)26-22)23(28)27-21-10-9-16(24)12-19(21)25/h2-13H,1H3,(H,27,28). The number of carbonyl (C=O) groups excluding carboxylic acids is 1. The van der Waals surface area contributed by atoms with Crippen molar-refractivity contribution in [3.8, 4) is 11.3 Å². The maximum absolute atomic E-state index is 14.0. The van der Waals surface area contributed by atoms with Gasteiger partial charge in [0.25, 0.3) is 5.91 Å². The van der Waals surface area contributed by atoms with Crippen LogP contribution in [0.25, 0.3) is 22.2 Å². The Bertz CT molecular complexity index is 1200. The van der Waals surface area contributed by atoms with Crippen LogP contribution in [-0.4, -0.2) is 10.9 Å². The van der Waals surface area contributed by atoms with Gasteiger partial charge in [0, 0.05) is 17.0 Å². The van der Waals surface area contributed by atoms with Crippen molar-refractivity contribution in [2.45, 2.75) is 6.92 Å². The molecule has 28 heavy (non-hydrogen) atoms. The van der Waals surface area contributed by atoms with Gasteiger partial charge in [-0.2, -0.15) is 0 Å². The first-order chi connectivity index (χ1) is 13.5. The molecule has 0 atom stereocenters. The maximum Gasteiger partial charge on any atom is 0.256 e. The van der Waals surface area contributed by atoms with Gasteiger partial charge in [-0.15, -0.1) is 0 Å². The van der Waals surface area contributed by atoms with E-state index in [0.717, 1.165) is 23.3 Å². The Labute approximate surface area is 160 Å². The lowest BCUT2D eigenvalue weighted by Gasteiger charge is -2.11. The summed E-state index contributed by atoms with van der Waals surface area (Å²) in [5.74, 6) is -2.02. The van der Waals surface area contributed by atoms with Crippen molar-refractivity contribution in [2.75, 3.05) is 5.32 Å². The SMILES string of the molecule is Cc1cccc(-c2cc(C(=O)Nc3ccc(F)cc3F)c3ccccc3n2)c1. The number of aromatic nitrogens is 1. The highest BCUT2D eigenvalue weighted by Gasteiger charge is 2.16. The molecule has 4 rings (SSSR count). The molecule has 138 valence electrons. The molecular formula is C23H16F2N2O. The summed E-state index contributed by atoms with van der Waals surface area (Å²) in [5.41, 5.74) is 3.55. The second kappa shape index (κ2) is 7.19. The Morgan fingerprint density at radius 3 is 2.54 bits per heavy atom. The number of hydrogen-bond acceptors (Lipinski definition) is 2. The molecule has 0 aliphatic heterocycles. The first kappa shape index (κ1) is 17.8. The highest BCUT2D eigenvalue weighted by Crippen LogP contribution is 2.26. The van der Waals surface area contributed by atoms with Crippen LogP contribution in [0.5, 0.6) is 0 Å². The minimum absolute atomic E-state index is 0.0793. The molecule has 0 spiro atoms. The van der Waals surface area contributed by atoms with Gasteiger partial charge in [-0.05, 0) is 37.3 Å². The average Bonchev–Trinajstić information content (AvgIpc) is 2.69. The fourth-order valence-electron chi connectivity index (χ4n) is 3.10. The van der Waals surface area contributed by atoms with E-state index in [2.05, 4.69) is 10.3 Å². The van der Waals surface area contributed by atoms with Crippen LogP contribution >= 0.6 is 0 Å². The molecule has 1 amide bonds. The fourth-order valence-corrected chi connectivity index (χ4v) is 3.10. The Kier molecular flexibility index (Phi) is 4.57. The largest absolute Gasteiger partial charge is 0.319 e. The zero-order valence-electron chi connectivity index (χ0n) is 15.0. The number of anilines is 1. The van der Waals surface area contributed by atoms with Crippen LogP contribution in [0.15, 0.2) is 72.8 Å². The molecule has 1 N–H and O–H groups in total. The predicted octanol–water partition coefficient (Wildman–Crippen LogP) is 5.74. The summed E-state index contributed by atoms with van der Waals surface area (Å²) in [5, 5.41) is 3.18. The number of aryl methyl sites for hydroxylation is 1. The van der Waals surface area contributed by atoms with Gasteiger partial charge in [0.1, 0.15) is 11.6 Å². The third kappa shape index (κ3) is 3.47. The number of para-hydroxylation sites is 1. The molecule has 3 nitrogen and oxygen atoms in total. The second-order valence-electron chi connectivity index (χ2n) is 6.52. The molecular weight excluding hydrogens is 358 g/mol. The lowest BCUT2D eigenvalue weighted by molar-refractivity contribution is 0.102. The minimum atomic E-state index is -0.828. The molecule has 0 aliphatic carbocycles. The third-order valence-electron chi connectivity index (χ3n) is 4.45. The molecule has 1 aromatic heterocycles. The highest BCUT2D eigenvalue weighted by molar-refractivity contribution is 6.13. The molecule has 0 fully saturated rings. The van der Waals surface area contributed by atoms with E-state index >= 15 is 0 Å². The van der Waals surface area contributed by atoms with Crippen molar-refractivity contribution in [2.24, 2.45) is 0 Å². The van der Waals surface area contributed by atoms with Crippen molar-refractivity contribution >= 4 is 22.5 Å². The third-order valence-corrected chi connectivity index (χ3v) is 4.45. The van der Waals surface area contributed by atoms with E-state index in [-0.39, 0.29) is 5.69 Å². The summed E-state index contributed by atoms with van der Waals surface area (Å²) in [4.78, 5) is 17.6. The molecule has 0 unspecified atom stereocenters. The van der Waals surface area contributed by atoms with Crippen LogP contribution in [0, 0.1) is 18.6 Å². The number of carbonyl (C=O) groups is 1. The van der Waals surface area contributed by atoms with Gasteiger partial charge in [0.05, 0.1) is 22.5 Å². The average molecular weight is 374 g/mol. The molecule has 4 aromatic rings. The van der Waals surface area contributed by atoms with Crippen LogP contribution < -0.4 is 5.32 Å². The molecule has 3 aromatic carbocycles.